The maximum atomic E-state index is 5.65. The van der Waals surface area contributed by atoms with Crippen molar-refractivity contribution in [2.45, 2.75) is 33.9 Å². The summed E-state index contributed by atoms with van der Waals surface area (Å²) >= 11 is 0. The van der Waals surface area contributed by atoms with Gasteiger partial charge in [0.1, 0.15) is 0 Å². The highest BCUT2D eigenvalue weighted by atomic mass is 15.3. The van der Waals surface area contributed by atoms with Crippen molar-refractivity contribution in [1.82, 2.24) is 14.7 Å². The quantitative estimate of drug-likeness (QED) is 0.731. The van der Waals surface area contributed by atoms with Crippen molar-refractivity contribution in [3.05, 3.63) is 60.9 Å². The average molecular weight is 342 g/mol. The van der Waals surface area contributed by atoms with E-state index in [1.54, 1.807) is 17.0 Å². The highest BCUT2D eigenvalue weighted by Crippen LogP contribution is 2.12. The molecular formula is C20H31N5. The molecule has 1 aliphatic rings. The van der Waals surface area contributed by atoms with E-state index in [0.717, 1.165) is 37.6 Å². The average Bonchev–Trinajstić information content (AvgIpc) is 2.95. The standard InChI is InChI=1S/C18H25N5.C2H6/c1-3-17(21-18-11-12-20-23(18)15-19)14-22(4-2)13-16-9-7-5-6-8-10-16;1-2/h3,5-7,9-12H,1,4,8,13-15,19H2,2H3;1-2H3/b21-17+;. The summed E-state index contributed by atoms with van der Waals surface area (Å²) in [5.74, 6) is 0.760. The van der Waals surface area contributed by atoms with Crippen LogP contribution < -0.4 is 5.73 Å². The lowest BCUT2D eigenvalue weighted by molar-refractivity contribution is 0.359. The van der Waals surface area contributed by atoms with Gasteiger partial charge in [0.05, 0.1) is 18.6 Å². The van der Waals surface area contributed by atoms with Crippen LogP contribution in [0, 0.1) is 0 Å². The summed E-state index contributed by atoms with van der Waals surface area (Å²) in [6.45, 7) is 13.0. The van der Waals surface area contributed by atoms with Gasteiger partial charge < -0.3 is 5.73 Å². The number of hydrogen-bond acceptors (Lipinski definition) is 4. The maximum absolute atomic E-state index is 5.65. The molecule has 1 aromatic rings. The fourth-order valence-electron chi connectivity index (χ4n) is 2.36. The first-order valence-electron chi connectivity index (χ1n) is 8.93. The maximum Gasteiger partial charge on any atom is 0.152 e. The summed E-state index contributed by atoms with van der Waals surface area (Å²) in [5, 5.41) is 4.14. The lowest BCUT2D eigenvalue weighted by Gasteiger charge is -2.21. The van der Waals surface area contributed by atoms with Gasteiger partial charge in [-0.25, -0.2) is 9.67 Å². The predicted octanol–water partition coefficient (Wildman–Crippen LogP) is 3.85. The molecule has 0 bridgehead atoms. The normalized spacial score (nSPS) is 14.0. The Hall–Kier alpha value is -2.24. The fraction of sp³-hybridized carbons (Fsp3) is 0.400. The zero-order valence-electron chi connectivity index (χ0n) is 15.7. The lowest BCUT2D eigenvalue weighted by Crippen LogP contribution is -2.30. The zero-order valence-corrected chi connectivity index (χ0v) is 15.7. The van der Waals surface area contributed by atoms with Crippen LogP contribution in [-0.2, 0) is 6.67 Å². The van der Waals surface area contributed by atoms with Crippen LogP contribution in [0.3, 0.4) is 0 Å². The smallest absolute Gasteiger partial charge is 0.152 e. The van der Waals surface area contributed by atoms with Crippen molar-refractivity contribution < 1.29 is 0 Å². The van der Waals surface area contributed by atoms with E-state index in [1.165, 1.54) is 5.57 Å². The molecule has 2 N–H and O–H groups in total. The Morgan fingerprint density at radius 3 is 2.92 bits per heavy atom. The molecule has 0 fully saturated rings. The molecule has 0 aromatic carbocycles. The van der Waals surface area contributed by atoms with Gasteiger partial charge >= 0.3 is 0 Å². The van der Waals surface area contributed by atoms with Gasteiger partial charge in [-0.3, -0.25) is 4.90 Å². The van der Waals surface area contributed by atoms with Crippen LogP contribution in [0.4, 0.5) is 5.82 Å². The van der Waals surface area contributed by atoms with E-state index < -0.39 is 0 Å². The fourth-order valence-corrected chi connectivity index (χ4v) is 2.36. The number of likely N-dealkylation sites (N-methyl/N-ethyl adjacent to an activating group) is 1. The van der Waals surface area contributed by atoms with Gasteiger partial charge in [-0.15, -0.1) is 0 Å². The number of nitrogens with two attached hydrogens (primary N) is 1. The molecule has 0 saturated heterocycles. The van der Waals surface area contributed by atoms with Gasteiger partial charge in [-0.1, -0.05) is 57.7 Å². The van der Waals surface area contributed by atoms with Crippen LogP contribution in [0.25, 0.3) is 0 Å². The number of nitrogens with zero attached hydrogens (tertiary/aromatic N) is 4. The zero-order chi connectivity index (χ0) is 18.5. The van der Waals surface area contributed by atoms with Crippen molar-refractivity contribution in [3.63, 3.8) is 0 Å². The highest BCUT2D eigenvalue weighted by Gasteiger charge is 2.08. The first-order valence-corrected chi connectivity index (χ1v) is 8.93. The van der Waals surface area contributed by atoms with Crippen molar-refractivity contribution in [3.8, 4) is 0 Å². The summed E-state index contributed by atoms with van der Waals surface area (Å²) in [6.07, 6.45) is 15.3. The van der Waals surface area contributed by atoms with Crippen LogP contribution in [0.2, 0.25) is 0 Å². The van der Waals surface area contributed by atoms with Crippen molar-refractivity contribution in [2.24, 2.45) is 10.7 Å². The largest absolute Gasteiger partial charge is 0.312 e. The Labute approximate surface area is 151 Å². The monoisotopic (exact) mass is 341 g/mol. The van der Waals surface area contributed by atoms with Gasteiger partial charge in [-0.05, 0) is 24.6 Å². The second kappa shape index (κ2) is 12.2. The third-order valence-corrected chi connectivity index (χ3v) is 3.67. The Morgan fingerprint density at radius 2 is 2.24 bits per heavy atom. The summed E-state index contributed by atoms with van der Waals surface area (Å²) < 4.78 is 1.67. The van der Waals surface area contributed by atoms with Gasteiger partial charge in [0.15, 0.2) is 5.82 Å². The molecule has 5 nitrogen and oxygen atoms in total. The molecule has 0 unspecified atom stereocenters. The SMILES string of the molecule is C=C/C(CN(CC)CC1=CCC=CC=C1)=N\c1ccnn1CN.CC. The first-order chi connectivity index (χ1) is 12.3. The molecular weight excluding hydrogens is 310 g/mol. The minimum atomic E-state index is 0.318. The summed E-state index contributed by atoms with van der Waals surface area (Å²) in [6, 6.07) is 1.86. The molecule has 1 aliphatic carbocycles. The number of allylic oxidation sites excluding steroid dienone is 4. The minimum Gasteiger partial charge on any atom is -0.312 e. The van der Waals surface area contributed by atoms with Crippen LogP contribution in [0.1, 0.15) is 27.2 Å². The molecule has 1 aromatic heterocycles. The van der Waals surface area contributed by atoms with Crippen LogP contribution in [0.5, 0.6) is 0 Å². The molecule has 136 valence electrons. The van der Waals surface area contributed by atoms with Gasteiger partial charge in [0.25, 0.3) is 0 Å². The number of rotatable bonds is 8. The first kappa shape index (κ1) is 20.8. The number of hydrogen-bond donors (Lipinski definition) is 1. The molecule has 0 spiro atoms. The van der Waals surface area contributed by atoms with E-state index in [-0.39, 0.29) is 0 Å². The molecule has 25 heavy (non-hydrogen) atoms. The molecule has 0 radical (unpaired) electrons. The molecule has 0 aliphatic heterocycles. The second-order valence-corrected chi connectivity index (χ2v) is 5.28. The Morgan fingerprint density at radius 1 is 1.44 bits per heavy atom. The van der Waals surface area contributed by atoms with E-state index in [9.17, 15) is 0 Å². The Bertz CT molecular complexity index is 634. The number of aliphatic imine (C=N–C) groups is 1. The molecule has 5 heteroatoms. The highest BCUT2D eigenvalue weighted by molar-refractivity contribution is 5.97. The molecule has 0 atom stereocenters. The van der Waals surface area contributed by atoms with Crippen molar-refractivity contribution in [2.75, 3.05) is 19.6 Å². The van der Waals surface area contributed by atoms with E-state index in [4.69, 9.17) is 5.73 Å². The Balaban J connectivity index is 0.00000151. The summed E-state index contributed by atoms with van der Waals surface area (Å²) in [5.41, 5.74) is 7.89. The van der Waals surface area contributed by atoms with Gasteiger partial charge in [-0.2, -0.15) is 5.10 Å². The van der Waals surface area contributed by atoms with Gasteiger partial charge in [0, 0.05) is 19.2 Å². The molecule has 1 heterocycles. The van der Waals surface area contributed by atoms with Crippen LogP contribution in [0.15, 0.2) is 65.9 Å². The summed E-state index contributed by atoms with van der Waals surface area (Å²) in [4.78, 5) is 6.97. The van der Waals surface area contributed by atoms with Crippen molar-refractivity contribution in [1.29, 1.82) is 0 Å². The van der Waals surface area contributed by atoms with Crippen LogP contribution >= 0.6 is 0 Å². The van der Waals surface area contributed by atoms with E-state index in [1.807, 2.05) is 19.9 Å². The minimum absolute atomic E-state index is 0.318. The second-order valence-electron chi connectivity index (χ2n) is 5.28. The predicted molar refractivity (Wildman–Crippen MR) is 108 cm³/mol. The van der Waals surface area contributed by atoms with Crippen molar-refractivity contribution >= 4 is 11.5 Å². The third-order valence-electron chi connectivity index (χ3n) is 3.67. The molecule has 2 rings (SSSR count). The summed E-state index contributed by atoms with van der Waals surface area (Å²) in [7, 11) is 0. The topological polar surface area (TPSA) is 59.4 Å². The number of aromatic nitrogens is 2. The third kappa shape index (κ3) is 7.03. The molecule has 0 saturated carbocycles. The lowest BCUT2D eigenvalue weighted by atomic mass is 10.2. The van der Waals surface area contributed by atoms with Crippen LogP contribution in [-0.4, -0.2) is 40.0 Å². The van der Waals surface area contributed by atoms with E-state index in [2.05, 4.69) is 58.9 Å². The van der Waals surface area contributed by atoms with Gasteiger partial charge in [0.2, 0.25) is 0 Å². The van der Waals surface area contributed by atoms with E-state index >= 15 is 0 Å². The van der Waals surface area contributed by atoms with E-state index in [0.29, 0.717) is 6.67 Å². The molecule has 0 amide bonds. The Kier molecular flexibility index (Phi) is 10.1.